The maximum Gasteiger partial charge on any atom is 0.454 e. The number of rotatable bonds is 5. The molecule has 0 heterocycles. The maximum absolute atomic E-state index is 14.0. The van der Waals surface area contributed by atoms with E-state index in [4.69, 9.17) is 4.74 Å². The van der Waals surface area contributed by atoms with E-state index in [-0.39, 0.29) is 24.3 Å². The summed E-state index contributed by atoms with van der Waals surface area (Å²) >= 11 is 0. The lowest BCUT2D eigenvalue weighted by atomic mass is 9.87. The molecule has 3 nitrogen and oxygen atoms in total. The fourth-order valence-electron chi connectivity index (χ4n) is 3.29. The lowest BCUT2D eigenvalue weighted by Gasteiger charge is -2.29. The van der Waals surface area contributed by atoms with Gasteiger partial charge in [0.05, 0.1) is 5.41 Å². The van der Waals surface area contributed by atoms with E-state index in [1.165, 1.54) is 23.1 Å². The number of hydrogen-bond acceptors (Lipinski definition) is 2. The van der Waals surface area contributed by atoms with E-state index < -0.39 is 17.5 Å². The topological polar surface area (TPSA) is 29.5 Å². The SMILES string of the molecule is Cc1cc(C2(C(F)(F)C(F)(F)F)CC2)ccc1Oc1ccc(C(=O)N(C)C)cc1. The average Bonchev–Trinajstić information content (AvgIpc) is 3.45. The number of carbonyl (C=O) groups excluding carboxylic acids is 1. The van der Waals surface area contributed by atoms with Crippen LogP contribution in [0.25, 0.3) is 0 Å². The zero-order valence-corrected chi connectivity index (χ0v) is 16.1. The standard InChI is InChI=1S/C21H20F5NO2/c1-13-12-15(19(10-11-19)20(22,23)21(24,25)26)6-9-17(13)29-16-7-4-14(5-8-16)18(28)27(2)3/h4-9,12H,10-11H2,1-3H3. The fraction of sp³-hybridized carbons (Fsp3) is 0.381. The van der Waals surface area contributed by atoms with Crippen LogP contribution in [0.5, 0.6) is 11.5 Å². The average molecular weight is 413 g/mol. The number of carbonyl (C=O) groups is 1. The molecule has 0 bridgehead atoms. The van der Waals surface area contributed by atoms with Crippen molar-refractivity contribution >= 4 is 5.91 Å². The summed E-state index contributed by atoms with van der Waals surface area (Å²) < 4.78 is 72.3. The second-order valence-corrected chi connectivity index (χ2v) is 7.46. The molecule has 1 fully saturated rings. The zero-order chi connectivity index (χ0) is 21.6. The van der Waals surface area contributed by atoms with Gasteiger partial charge in [-0.3, -0.25) is 4.79 Å². The third kappa shape index (κ3) is 3.68. The Balaban J connectivity index is 1.82. The van der Waals surface area contributed by atoms with E-state index in [0.29, 0.717) is 22.6 Å². The first kappa shape index (κ1) is 21.1. The Bertz CT molecular complexity index is 916. The van der Waals surface area contributed by atoms with Crippen molar-refractivity contribution in [3.63, 3.8) is 0 Å². The molecule has 0 aliphatic heterocycles. The minimum Gasteiger partial charge on any atom is -0.457 e. The molecule has 0 unspecified atom stereocenters. The molecule has 2 aromatic rings. The first-order chi connectivity index (χ1) is 13.4. The van der Waals surface area contributed by atoms with Gasteiger partial charge in [0.25, 0.3) is 5.91 Å². The highest BCUT2D eigenvalue weighted by Gasteiger charge is 2.75. The van der Waals surface area contributed by atoms with Crippen LogP contribution in [0.1, 0.15) is 34.3 Å². The zero-order valence-electron chi connectivity index (χ0n) is 16.1. The van der Waals surface area contributed by atoms with Crippen LogP contribution in [0.15, 0.2) is 42.5 Å². The Kier molecular flexibility index (Phi) is 5.09. The van der Waals surface area contributed by atoms with Gasteiger partial charge in [-0.25, -0.2) is 0 Å². The van der Waals surface area contributed by atoms with E-state index in [0.717, 1.165) is 0 Å². The number of halogens is 5. The molecule has 0 saturated heterocycles. The molecule has 1 aliphatic carbocycles. The molecule has 0 atom stereocenters. The van der Waals surface area contributed by atoms with Gasteiger partial charge in [-0.1, -0.05) is 12.1 Å². The number of nitrogens with zero attached hydrogens (tertiary/aromatic N) is 1. The van der Waals surface area contributed by atoms with Gasteiger partial charge in [-0.15, -0.1) is 0 Å². The van der Waals surface area contributed by atoms with Crippen LogP contribution in [-0.2, 0) is 5.41 Å². The summed E-state index contributed by atoms with van der Waals surface area (Å²) in [6.07, 6.45) is -6.04. The highest BCUT2D eigenvalue weighted by molar-refractivity contribution is 5.93. The Hall–Kier alpha value is -2.64. The van der Waals surface area contributed by atoms with Gasteiger partial charge in [-0.05, 0) is 61.2 Å². The molecule has 0 spiro atoms. The summed E-state index contributed by atoms with van der Waals surface area (Å²) in [5.41, 5.74) is -1.33. The molecule has 8 heteroatoms. The molecule has 1 aliphatic rings. The lowest BCUT2D eigenvalue weighted by Crippen LogP contribution is -2.47. The highest BCUT2D eigenvalue weighted by atomic mass is 19.4. The highest BCUT2D eigenvalue weighted by Crippen LogP contribution is 2.63. The van der Waals surface area contributed by atoms with Crippen molar-refractivity contribution in [2.24, 2.45) is 0 Å². The van der Waals surface area contributed by atoms with Crippen molar-refractivity contribution in [1.82, 2.24) is 4.90 Å². The van der Waals surface area contributed by atoms with E-state index >= 15 is 0 Å². The molecule has 3 rings (SSSR count). The van der Waals surface area contributed by atoms with Crippen molar-refractivity contribution in [2.75, 3.05) is 14.1 Å². The van der Waals surface area contributed by atoms with Crippen LogP contribution in [0.2, 0.25) is 0 Å². The van der Waals surface area contributed by atoms with Crippen molar-refractivity contribution in [2.45, 2.75) is 37.3 Å². The van der Waals surface area contributed by atoms with E-state index in [1.807, 2.05) is 0 Å². The van der Waals surface area contributed by atoms with E-state index in [2.05, 4.69) is 0 Å². The van der Waals surface area contributed by atoms with E-state index in [1.54, 1.807) is 45.3 Å². The Morgan fingerprint density at radius 1 is 1.00 bits per heavy atom. The second kappa shape index (κ2) is 7.00. The third-order valence-electron chi connectivity index (χ3n) is 5.17. The molecule has 0 aromatic heterocycles. The summed E-state index contributed by atoms with van der Waals surface area (Å²) in [7, 11) is 3.26. The lowest BCUT2D eigenvalue weighted by molar-refractivity contribution is -0.296. The van der Waals surface area contributed by atoms with Gasteiger partial charge in [-0.2, -0.15) is 22.0 Å². The number of aryl methyl sites for hydroxylation is 1. The first-order valence-electron chi connectivity index (χ1n) is 8.94. The second-order valence-electron chi connectivity index (χ2n) is 7.46. The molecule has 156 valence electrons. The molecule has 2 aromatic carbocycles. The number of hydrogen-bond donors (Lipinski definition) is 0. The molecular formula is C21H20F5NO2. The Morgan fingerprint density at radius 2 is 1.59 bits per heavy atom. The molecule has 29 heavy (non-hydrogen) atoms. The van der Waals surface area contributed by atoms with Gasteiger partial charge in [0.15, 0.2) is 0 Å². The van der Waals surface area contributed by atoms with Crippen LogP contribution in [0.3, 0.4) is 0 Å². The van der Waals surface area contributed by atoms with Crippen LogP contribution in [-0.4, -0.2) is 37.0 Å². The largest absolute Gasteiger partial charge is 0.457 e. The van der Waals surface area contributed by atoms with E-state index in [9.17, 15) is 26.7 Å². The van der Waals surface area contributed by atoms with Crippen LogP contribution in [0.4, 0.5) is 22.0 Å². The number of ether oxygens (including phenoxy) is 1. The summed E-state index contributed by atoms with van der Waals surface area (Å²) in [5.74, 6) is -4.20. The minimum absolute atomic E-state index is 0.0448. The molecule has 0 N–H and O–H groups in total. The monoisotopic (exact) mass is 413 g/mol. The summed E-state index contributed by atoms with van der Waals surface area (Å²) in [6.45, 7) is 1.59. The van der Waals surface area contributed by atoms with Crippen LogP contribution in [0, 0.1) is 6.92 Å². The van der Waals surface area contributed by atoms with Gasteiger partial charge >= 0.3 is 12.1 Å². The molecule has 1 saturated carbocycles. The van der Waals surface area contributed by atoms with Gasteiger partial charge < -0.3 is 9.64 Å². The van der Waals surface area contributed by atoms with Crippen molar-refractivity contribution in [1.29, 1.82) is 0 Å². The number of benzene rings is 2. The smallest absolute Gasteiger partial charge is 0.454 e. The Morgan fingerprint density at radius 3 is 2.03 bits per heavy atom. The minimum atomic E-state index is -5.60. The summed E-state index contributed by atoms with van der Waals surface area (Å²) in [5, 5.41) is 0. The molecule has 1 amide bonds. The van der Waals surface area contributed by atoms with Crippen molar-refractivity contribution in [3.8, 4) is 11.5 Å². The summed E-state index contributed by atoms with van der Waals surface area (Å²) in [4.78, 5) is 13.3. The normalized spacial score (nSPS) is 15.7. The van der Waals surface area contributed by atoms with Crippen molar-refractivity contribution < 1.29 is 31.5 Å². The van der Waals surface area contributed by atoms with Crippen molar-refractivity contribution in [3.05, 3.63) is 59.2 Å². The fourth-order valence-corrected chi connectivity index (χ4v) is 3.29. The molecular weight excluding hydrogens is 393 g/mol. The summed E-state index contributed by atoms with van der Waals surface area (Å²) in [6, 6.07) is 10.3. The number of alkyl halides is 5. The predicted octanol–water partition coefficient (Wildman–Crippen LogP) is 5.72. The van der Waals surface area contributed by atoms with Gasteiger partial charge in [0, 0.05) is 19.7 Å². The third-order valence-corrected chi connectivity index (χ3v) is 5.17. The Labute approximate surface area is 165 Å². The molecule has 0 radical (unpaired) electrons. The van der Waals surface area contributed by atoms with Gasteiger partial charge in [0.2, 0.25) is 0 Å². The maximum atomic E-state index is 14.0. The quantitative estimate of drug-likeness (QED) is 0.587. The predicted molar refractivity (Wildman–Crippen MR) is 97.6 cm³/mol. The first-order valence-corrected chi connectivity index (χ1v) is 8.94. The number of amides is 1. The van der Waals surface area contributed by atoms with Gasteiger partial charge in [0.1, 0.15) is 11.5 Å². The van der Waals surface area contributed by atoms with Crippen LogP contribution < -0.4 is 4.74 Å². The van der Waals surface area contributed by atoms with Crippen LogP contribution >= 0.6 is 0 Å².